The molecule has 1 aliphatic heterocycles. The minimum absolute atomic E-state index is 0.162. The summed E-state index contributed by atoms with van der Waals surface area (Å²) < 4.78 is 45.1. The molecule has 3 N–H and O–H groups in total. The average molecular weight is 553 g/mol. The van der Waals surface area contributed by atoms with Gasteiger partial charge in [0.05, 0.1) is 32.1 Å². The molecule has 0 saturated carbocycles. The van der Waals surface area contributed by atoms with Crippen molar-refractivity contribution in [1.29, 1.82) is 0 Å². The number of methoxy groups -OCH3 is 1. The average Bonchev–Trinajstić information content (AvgIpc) is 3.50. The van der Waals surface area contributed by atoms with Gasteiger partial charge in [0.15, 0.2) is 11.7 Å². The molecule has 0 spiro atoms. The SMILES string of the molecule is COC[C@H](NC(=O)[C@H](COC(F)F)NC(=O)c1cnc(C)o1)C(=O)N[C@@H](Cc1ccccc1)C(=O)[C@@]1(C)CO1. The van der Waals surface area contributed by atoms with Crippen LogP contribution in [0.4, 0.5) is 8.78 Å². The molecule has 0 radical (unpaired) electrons. The van der Waals surface area contributed by atoms with E-state index >= 15 is 0 Å². The molecule has 2 aromatic rings. The maximum Gasteiger partial charge on any atom is 0.345 e. The molecule has 39 heavy (non-hydrogen) atoms. The van der Waals surface area contributed by atoms with E-state index in [1.54, 1.807) is 31.2 Å². The van der Waals surface area contributed by atoms with E-state index in [1.807, 2.05) is 6.07 Å². The van der Waals surface area contributed by atoms with Crippen molar-refractivity contribution >= 4 is 23.5 Å². The largest absolute Gasteiger partial charge is 0.436 e. The molecule has 3 amide bonds. The molecule has 12 nitrogen and oxygen atoms in total. The minimum atomic E-state index is -3.22. The maximum atomic E-state index is 13.2. The van der Waals surface area contributed by atoms with Crippen molar-refractivity contribution < 1.29 is 46.6 Å². The van der Waals surface area contributed by atoms with Crippen LogP contribution in [-0.2, 0) is 35.0 Å². The molecule has 1 aromatic heterocycles. The number of hydrogen-bond donors (Lipinski definition) is 3. The number of alkyl halides is 2. The lowest BCUT2D eigenvalue weighted by atomic mass is 9.94. The fourth-order valence-corrected chi connectivity index (χ4v) is 3.62. The summed E-state index contributed by atoms with van der Waals surface area (Å²) in [5.74, 6) is -3.12. The number of hydrogen-bond acceptors (Lipinski definition) is 9. The molecule has 0 aliphatic carbocycles. The van der Waals surface area contributed by atoms with Crippen LogP contribution in [0.5, 0.6) is 0 Å². The van der Waals surface area contributed by atoms with Gasteiger partial charge in [-0.2, -0.15) is 8.78 Å². The third kappa shape index (κ3) is 8.63. The monoisotopic (exact) mass is 552 g/mol. The summed E-state index contributed by atoms with van der Waals surface area (Å²) in [6.07, 6.45) is 1.26. The molecule has 1 fully saturated rings. The lowest BCUT2D eigenvalue weighted by Gasteiger charge is -2.25. The number of rotatable bonds is 15. The maximum absolute atomic E-state index is 13.2. The molecular formula is C25H30F2N4O8. The number of oxazole rings is 1. The highest BCUT2D eigenvalue weighted by molar-refractivity contribution is 5.99. The molecule has 1 aromatic carbocycles. The molecule has 4 atom stereocenters. The Morgan fingerprint density at radius 3 is 2.18 bits per heavy atom. The van der Waals surface area contributed by atoms with Crippen molar-refractivity contribution in [3.63, 3.8) is 0 Å². The zero-order chi connectivity index (χ0) is 28.6. The number of aromatic nitrogens is 1. The van der Waals surface area contributed by atoms with Gasteiger partial charge in [0.2, 0.25) is 17.6 Å². The predicted octanol–water partition coefficient (Wildman–Crippen LogP) is 0.537. The normalized spacial score (nSPS) is 18.6. The Morgan fingerprint density at radius 1 is 1.03 bits per heavy atom. The Balaban J connectivity index is 1.73. The van der Waals surface area contributed by atoms with Crippen LogP contribution in [0, 0.1) is 6.92 Å². The van der Waals surface area contributed by atoms with Crippen molar-refractivity contribution in [2.45, 2.75) is 50.6 Å². The van der Waals surface area contributed by atoms with Gasteiger partial charge in [0.25, 0.3) is 5.91 Å². The van der Waals surface area contributed by atoms with E-state index in [2.05, 4.69) is 25.7 Å². The van der Waals surface area contributed by atoms with Gasteiger partial charge in [-0.1, -0.05) is 30.3 Å². The van der Waals surface area contributed by atoms with E-state index < -0.39 is 54.7 Å². The summed E-state index contributed by atoms with van der Waals surface area (Å²) in [6.45, 7) is -1.15. The summed E-state index contributed by atoms with van der Waals surface area (Å²) in [5.41, 5.74) is -0.254. The second kappa shape index (κ2) is 13.4. The molecule has 0 bridgehead atoms. The third-order valence-corrected chi connectivity index (χ3v) is 5.84. The van der Waals surface area contributed by atoms with E-state index in [1.165, 1.54) is 14.0 Å². The first-order valence-corrected chi connectivity index (χ1v) is 12.0. The zero-order valence-corrected chi connectivity index (χ0v) is 21.6. The number of carbonyl (C=O) groups excluding carboxylic acids is 4. The molecule has 1 saturated heterocycles. The zero-order valence-electron chi connectivity index (χ0n) is 21.6. The first kappa shape index (κ1) is 29.8. The number of epoxide rings is 1. The third-order valence-electron chi connectivity index (χ3n) is 5.84. The number of ether oxygens (including phenoxy) is 3. The standard InChI is InChI=1S/C25H30F2N4O8/c1-14-28-10-19(39-14)23(35)31-18(12-37-24(26)27)22(34)30-17(11-36-3)21(33)29-16(20(32)25(2)13-38-25)9-15-7-5-4-6-8-15/h4-8,10,16-18,24H,9,11-13H2,1-3H3,(H,29,33)(H,30,34)(H,31,35)/t16-,17-,18-,25+/m0/s1. The lowest BCUT2D eigenvalue weighted by Crippen LogP contribution is -2.59. The van der Waals surface area contributed by atoms with Crippen LogP contribution in [-0.4, -0.2) is 85.8 Å². The Kier molecular flexibility index (Phi) is 10.2. The lowest BCUT2D eigenvalue weighted by molar-refractivity contribution is -0.145. The summed E-state index contributed by atoms with van der Waals surface area (Å²) in [6, 6.07) is 5.01. The van der Waals surface area contributed by atoms with Gasteiger partial charge < -0.3 is 34.6 Å². The van der Waals surface area contributed by atoms with Crippen molar-refractivity contribution in [2.24, 2.45) is 0 Å². The quantitative estimate of drug-likeness (QED) is 0.268. The van der Waals surface area contributed by atoms with Gasteiger partial charge >= 0.3 is 6.61 Å². The van der Waals surface area contributed by atoms with Crippen molar-refractivity contribution in [3.05, 3.63) is 53.7 Å². The number of ketones is 1. The van der Waals surface area contributed by atoms with Crippen LogP contribution in [0.15, 0.2) is 40.9 Å². The van der Waals surface area contributed by atoms with E-state index in [-0.39, 0.29) is 37.1 Å². The number of nitrogens with zero attached hydrogens (tertiary/aromatic N) is 1. The number of aryl methyl sites for hydroxylation is 1. The highest BCUT2D eigenvalue weighted by atomic mass is 19.3. The molecule has 3 rings (SSSR count). The Morgan fingerprint density at radius 2 is 1.64 bits per heavy atom. The number of halogens is 2. The van der Waals surface area contributed by atoms with Gasteiger partial charge in [-0.05, 0) is 18.9 Å². The van der Waals surface area contributed by atoms with Crippen LogP contribution in [0.1, 0.15) is 28.9 Å². The second-order valence-corrected chi connectivity index (χ2v) is 9.01. The molecule has 2 heterocycles. The minimum Gasteiger partial charge on any atom is -0.436 e. The summed E-state index contributed by atoms with van der Waals surface area (Å²) in [5, 5.41) is 7.22. The van der Waals surface area contributed by atoms with Crippen molar-refractivity contribution in [2.75, 3.05) is 26.9 Å². The summed E-state index contributed by atoms with van der Waals surface area (Å²) in [4.78, 5) is 55.5. The summed E-state index contributed by atoms with van der Waals surface area (Å²) in [7, 11) is 1.28. The first-order chi connectivity index (χ1) is 18.5. The molecule has 0 unspecified atom stereocenters. The van der Waals surface area contributed by atoms with Crippen LogP contribution in [0.25, 0.3) is 0 Å². The number of carbonyl (C=O) groups is 4. The number of amides is 3. The molecule has 1 aliphatic rings. The van der Waals surface area contributed by atoms with Crippen LogP contribution >= 0.6 is 0 Å². The van der Waals surface area contributed by atoms with Gasteiger partial charge in [0, 0.05) is 14.0 Å². The number of benzene rings is 1. The number of Topliss-reactive ketones (excluding diaryl/α,β-unsaturated/α-hetero) is 1. The predicted molar refractivity (Wildman–Crippen MR) is 130 cm³/mol. The van der Waals surface area contributed by atoms with Gasteiger partial charge in [-0.3, -0.25) is 19.2 Å². The van der Waals surface area contributed by atoms with Crippen molar-refractivity contribution in [1.82, 2.24) is 20.9 Å². The van der Waals surface area contributed by atoms with E-state index in [0.29, 0.717) is 0 Å². The topological polar surface area (TPSA) is 161 Å². The first-order valence-electron chi connectivity index (χ1n) is 12.0. The fraction of sp³-hybridized carbons (Fsp3) is 0.480. The highest BCUT2D eigenvalue weighted by Gasteiger charge is 2.50. The van der Waals surface area contributed by atoms with Gasteiger partial charge in [-0.25, -0.2) is 4.98 Å². The second-order valence-electron chi connectivity index (χ2n) is 9.01. The van der Waals surface area contributed by atoms with Crippen LogP contribution in [0.2, 0.25) is 0 Å². The van der Waals surface area contributed by atoms with Crippen LogP contribution in [0.3, 0.4) is 0 Å². The summed E-state index contributed by atoms with van der Waals surface area (Å²) >= 11 is 0. The fourth-order valence-electron chi connectivity index (χ4n) is 3.62. The van der Waals surface area contributed by atoms with Crippen molar-refractivity contribution in [3.8, 4) is 0 Å². The molecule has 212 valence electrons. The molecular weight excluding hydrogens is 522 g/mol. The van der Waals surface area contributed by atoms with E-state index in [9.17, 15) is 28.0 Å². The molecule has 14 heteroatoms. The highest BCUT2D eigenvalue weighted by Crippen LogP contribution is 2.29. The Hall–Kier alpha value is -3.75. The number of nitrogens with one attached hydrogen (secondary N) is 3. The smallest absolute Gasteiger partial charge is 0.345 e. The van der Waals surface area contributed by atoms with E-state index in [0.717, 1.165) is 11.8 Å². The van der Waals surface area contributed by atoms with Crippen LogP contribution < -0.4 is 16.0 Å². The van der Waals surface area contributed by atoms with Gasteiger partial charge in [0.1, 0.15) is 17.7 Å². The Bertz CT molecular complexity index is 1160. The Labute approximate surface area is 222 Å². The van der Waals surface area contributed by atoms with E-state index in [4.69, 9.17) is 13.9 Å². The van der Waals surface area contributed by atoms with Gasteiger partial charge in [-0.15, -0.1) is 0 Å².